The number of halogens is 3. The Kier molecular flexibility index (Phi) is 4.02. The summed E-state index contributed by atoms with van der Waals surface area (Å²) in [6, 6.07) is 8.75. The van der Waals surface area contributed by atoms with Crippen LogP contribution in [0.3, 0.4) is 0 Å². The van der Waals surface area contributed by atoms with Gasteiger partial charge >= 0.3 is 6.18 Å². The predicted octanol–water partition coefficient (Wildman–Crippen LogP) is 4.05. The van der Waals surface area contributed by atoms with Crippen LogP contribution in [0.15, 0.2) is 54.5 Å². The molecular formula is C18H16F3N5. The van der Waals surface area contributed by atoms with E-state index in [0.717, 1.165) is 37.2 Å². The summed E-state index contributed by atoms with van der Waals surface area (Å²) in [4.78, 5) is 4.24. The second kappa shape index (κ2) is 6.36. The molecule has 5 nitrogen and oxygen atoms in total. The summed E-state index contributed by atoms with van der Waals surface area (Å²) in [5, 5.41) is 10.9. The smallest absolute Gasteiger partial charge is 0.389 e. The predicted molar refractivity (Wildman–Crippen MR) is 92.4 cm³/mol. The van der Waals surface area contributed by atoms with Crippen LogP contribution in [0, 0.1) is 0 Å². The van der Waals surface area contributed by atoms with E-state index in [1.54, 1.807) is 22.7 Å². The van der Waals surface area contributed by atoms with E-state index in [9.17, 15) is 13.2 Å². The molecule has 0 fully saturated rings. The van der Waals surface area contributed by atoms with Crippen LogP contribution in [0.5, 0.6) is 0 Å². The summed E-state index contributed by atoms with van der Waals surface area (Å²) in [5.74, 6) is 0.610. The number of imidazole rings is 1. The number of hydrogen-bond donors (Lipinski definition) is 2. The monoisotopic (exact) mass is 359 g/mol. The van der Waals surface area contributed by atoms with Crippen molar-refractivity contribution in [1.29, 1.82) is 0 Å². The normalized spacial score (nSPS) is 14.8. The van der Waals surface area contributed by atoms with Crippen molar-refractivity contribution >= 4 is 11.5 Å². The fraction of sp³-hybridized carbons (Fsp3) is 0.222. The minimum absolute atomic E-state index is 0.413. The number of nitrogens with one attached hydrogen (secondary N) is 2. The van der Waals surface area contributed by atoms with Gasteiger partial charge in [-0.25, -0.2) is 9.50 Å². The summed E-state index contributed by atoms with van der Waals surface area (Å²) in [6.07, 6.45) is 0.996. The molecule has 0 atom stereocenters. The van der Waals surface area contributed by atoms with Gasteiger partial charge < -0.3 is 10.6 Å². The van der Waals surface area contributed by atoms with Crippen molar-refractivity contribution in [3.63, 3.8) is 0 Å². The maximum atomic E-state index is 13.0. The van der Waals surface area contributed by atoms with Gasteiger partial charge in [-0.3, -0.25) is 0 Å². The van der Waals surface area contributed by atoms with Gasteiger partial charge in [0.1, 0.15) is 0 Å². The van der Waals surface area contributed by atoms with Gasteiger partial charge in [-0.2, -0.15) is 13.2 Å². The van der Waals surface area contributed by atoms with Crippen LogP contribution >= 0.6 is 0 Å². The molecule has 0 saturated carbocycles. The first kappa shape index (κ1) is 16.4. The first-order valence-corrected chi connectivity index (χ1v) is 8.22. The number of fused-ring (bicyclic) bond motifs is 1. The summed E-state index contributed by atoms with van der Waals surface area (Å²) in [6.45, 7) is 0.943. The van der Waals surface area contributed by atoms with E-state index in [0.29, 0.717) is 22.7 Å². The van der Waals surface area contributed by atoms with Gasteiger partial charge in [0, 0.05) is 24.0 Å². The Labute approximate surface area is 147 Å². The molecule has 0 radical (unpaired) electrons. The molecule has 0 spiro atoms. The number of benzene rings is 1. The first-order chi connectivity index (χ1) is 12.5. The number of rotatable bonds is 3. The second-order valence-corrected chi connectivity index (χ2v) is 6.06. The minimum Gasteiger partial charge on any atom is -0.389 e. The molecule has 3 heterocycles. The number of hydrogen-bond acceptors (Lipinski definition) is 4. The van der Waals surface area contributed by atoms with Gasteiger partial charge in [-0.1, -0.05) is 12.1 Å². The van der Waals surface area contributed by atoms with Crippen molar-refractivity contribution in [3.8, 4) is 11.3 Å². The minimum atomic E-state index is -4.39. The highest BCUT2D eigenvalue weighted by molar-refractivity contribution is 5.64. The van der Waals surface area contributed by atoms with Crippen molar-refractivity contribution < 1.29 is 13.2 Å². The van der Waals surface area contributed by atoms with E-state index in [1.165, 1.54) is 12.3 Å². The number of aromatic nitrogens is 3. The van der Waals surface area contributed by atoms with Gasteiger partial charge in [0.15, 0.2) is 11.5 Å². The fourth-order valence-corrected chi connectivity index (χ4v) is 2.90. The van der Waals surface area contributed by atoms with E-state index in [4.69, 9.17) is 0 Å². The SMILES string of the molecule is FC(F)(F)c1cccc(-c2cnc3ccc(NC4=CNCCC4)nn23)c1. The van der Waals surface area contributed by atoms with Crippen LogP contribution in [0.4, 0.5) is 19.0 Å². The van der Waals surface area contributed by atoms with E-state index in [2.05, 4.69) is 20.7 Å². The van der Waals surface area contributed by atoms with Crippen LogP contribution < -0.4 is 10.6 Å². The largest absolute Gasteiger partial charge is 0.416 e. The Balaban J connectivity index is 1.72. The molecule has 0 bridgehead atoms. The number of alkyl halides is 3. The molecule has 0 saturated heterocycles. The molecule has 0 aliphatic carbocycles. The molecule has 1 aliphatic rings. The van der Waals surface area contributed by atoms with Crippen LogP contribution in [-0.4, -0.2) is 21.1 Å². The van der Waals surface area contributed by atoms with Crippen molar-refractivity contribution in [2.24, 2.45) is 0 Å². The number of nitrogens with zero attached hydrogens (tertiary/aromatic N) is 3. The van der Waals surface area contributed by atoms with Gasteiger partial charge in [0.2, 0.25) is 0 Å². The van der Waals surface area contributed by atoms with Gasteiger partial charge in [0.05, 0.1) is 17.5 Å². The topological polar surface area (TPSA) is 54.2 Å². The summed E-state index contributed by atoms with van der Waals surface area (Å²) < 4.78 is 40.5. The molecule has 0 amide bonds. The summed E-state index contributed by atoms with van der Waals surface area (Å²) >= 11 is 0. The Morgan fingerprint density at radius 2 is 2.04 bits per heavy atom. The van der Waals surface area contributed by atoms with Gasteiger partial charge in [-0.05, 0) is 37.1 Å². The van der Waals surface area contributed by atoms with E-state index in [-0.39, 0.29) is 0 Å². The highest BCUT2D eigenvalue weighted by Crippen LogP contribution is 2.32. The average molecular weight is 359 g/mol. The maximum Gasteiger partial charge on any atom is 0.416 e. The molecule has 1 aromatic carbocycles. The zero-order valence-corrected chi connectivity index (χ0v) is 13.7. The average Bonchev–Trinajstić information content (AvgIpc) is 3.05. The first-order valence-electron chi connectivity index (χ1n) is 8.22. The lowest BCUT2D eigenvalue weighted by Crippen LogP contribution is -2.17. The van der Waals surface area contributed by atoms with Crippen LogP contribution in [0.25, 0.3) is 16.9 Å². The second-order valence-electron chi connectivity index (χ2n) is 6.06. The van der Waals surface area contributed by atoms with Crippen molar-refractivity contribution in [2.45, 2.75) is 19.0 Å². The van der Waals surface area contributed by atoms with Gasteiger partial charge in [0.25, 0.3) is 0 Å². The molecule has 2 N–H and O–H groups in total. The number of allylic oxidation sites excluding steroid dienone is 1. The summed E-state index contributed by atoms with van der Waals surface area (Å²) in [5.41, 5.74) is 1.81. The van der Waals surface area contributed by atoms with E-state index in [1.807, 2.05) is 6.20 Å². The number of anilines is 1. The van der Waals surface area contributed by atoms with E-state index >= 15 is 0 Å². The molecule has 1 aliphatic heterocycles. The van der Waals surface area contributed by atoms with Crippen molar-refractivity contribution in [2.75, 3.05) is 11.9 Å². The fourth-order valence-electron chi connectivity index (χ4n) is 2.90. The van der Waals surface area contributed by atoms with Crippen LogP contribution in [-0.2, 0) is 6.18 Å². The van der Waals surface area contributed by atoms with E-state index < -0.39 is 11.7 Å². The molecular weight excluding hydrogens is 343 g/mol. The standard InChI is InChI=1S/C18H16F3N5/c19-18(20,21)13-4-1-3-12(9-13)15-11-23-17-7-6-16(25-26(15)17)24-14-5-2-8-22-10-14/h1,3-4,6-7,9-11,22H,2,5,8H2,(H,24,25). The zero-order valence-electron chi connectivity index (χ0n) is 13.7. The Bertz CT molecular complexity index is 974. The zero-order chi connectivity index (χ0) is 18.1. The third-order valence-corrected chi connectivity index (χ3v) is 4.18. The quantitative estimate of drug-likeness (QED) is 0.741. The van der Waals surface area contributed by atoms with Crippen molar-refractivity contribution in [1.82, 2.24) is 19.9 Å². The third-order valence-electron chi connectivity index (χ3n) is 4.18. The third kappa shape index (κ3) is 3.22. The lowest BCUT2D eigenvalue weighted by molar-refractivity contribution is -0.137. The highest BCUT2D eigenvalue weighted by atomic mass is 19.4. The molecule has 0 unspecified atom stereocenters. The Morgan fingerprint density at radius 3 is 2.81 bits per heavy atom. The maximum absolute atomic E-state index is 13.0. The van der Waals surface area contributed by atoms with Crippen LogP contribution in [0.2, 0.25) is 0 Å². The van der Waals surface area contributed by atoms with Crippen molar-refractivity contribution in [3.05, 3.63) is 60.1 Å². The van der Waals surface area contributed by atoms with Crippen LogP contribution in [0.1, 0.15) is 18.4 Å². The molecule has 4 rings (SSSR count). The lowest BCUT2D eigenvalue weighted by atomic mass is 10.1. The molecule has 8 heteroatoms. The molecule has 26 heavy (non-hydrogen) atoms. The van der Waals surface area contributed by atoms with Gasteiger partial charge in [-0.15, -0.1) is 5.10 Å². The lowest BCUT2D eigenvalue weighted by Gasteiger charge is -2.15. The molecule has 134 valence electrons. The Morgan fingerprint density at radius 1 is 1.15 bits per heavy atom. The summed E-state index contributed by atoms with van der Waals surface area (Å²) in [7, 11) is 0. The molecule has 3 aromatic rings. The Hall–Kier alpha value is -3.03. The highest BCUT2D eigenvalue weighted by Gasteiger charge is 2.30. The molecule has 2 aromatic heterocycles.